The average molecular weight is 330 g/mol. The Morgan fingerprint density at radius 2 is 1.87 bits per heavy atom. The number of hydrogen-bond acceptors (Lipinski definition) is 2. The first kappa shape index (κ1) is 17.5. The highest BCUT2D eigenvalue weighted by molar-refractivity contribution is 5.95. The SMILES string of the molecule is C/C(=C\C(=O)N1CC(N)CCC1C(F)(F)F)c1ccc(F)cc1. The van der Waals surface area contributed by atoms with Crippen molar-refractivity contribution >= 4 is 11.5 Å². The molecule has 0 bridgehead atoms. The van der Waals surface area contributed by atoms with E-state index in [-0.39, 0.29) is 19.4 Å². The summed E-state index contributed by atoms with van der Waals surface area (Å²) in [6, 6.07) is 3.12. The van der Waals surface area contributed by atoms with Crippen LogP contribution in [0, 0.1) is 5.82 Å². The first-order chi connectivity index (χ1) is 10.7. The number of benzene rings is 1. The summed E-state index contributed by atoms with van der Waals surface area (Å²) >= 11 is 0. The molecule has 23 heavy (non-hydrogen) atoms. The third-order valence-electron chi connectivity index (χ3n) is 3.92. The van der Waals surface area contributed by atoms with Gasteiger partial charge in [-0.2, -0.15) is 13.2 Å². The molecule has 1 aromatic carbocycles. The standard InChI is InChI=1S/C16H18F4N2O/c1-10(11-2-4-12(17)5-3-11)8-15(23)22-9-13(21)6-7-14(22)16(18,19)20/h2-5,8,13-14H,6-7,9,21H2,1H3/b10-8+. The topological polar surface area (TPSA) is 46.3 Å². The maximum absolute atomic E-state index is 13.1. The number of alkyl halides is 3. The molecule has 0 aromatic heterocycles. The maximum Gasteiger partial charge on any atom is 0.408 e. The van der Waals surface area contributed by atoms with Crippen molar-refractivity contribution in [2.75, 3.05) is 6.54 Å². The number of rotatable bonds is 2. The van der Waals surface area contributed by atoms with E-state index in [1.165, 1.54) is 24.3 Å². The minimum Gasteiger partial charge on any atom is -0.326 e. The number of nitrogens with zero attached hydrogens (tertiary/aromatic N) is 1. The largest absolute Gasteiger partial charge is 0.408 e. The van der Waals surface area contributed by atoms with E-state index in [1.807, 2.05) is 0 Å². The number of hydrogen-bond donors (Lipinski definition) is 1. The molecule has 1 saturated heterocycles. The molecule has 1 aliphatic rings. The van der Waals surface area contributed by atoms with E-state index >= 15 is 0 Å². The second-order valence-corrected chi connectivity index (χ2v) is 5.72. The second-order valence-electron chi connectivity index (χ2n) is 5.72. The quantitative estimate of drug-likeness (QED) is 0.669. The number of likely N-dealkylation sites (tertiary alicyclic amines) is 1. The summed E-state index contributed by atoms with van der Waals surface area (Å²) < 4.78 is 52.2. The van der Waals surface area contributed by atoms with Crippen molar-refractivity contribution in [1.82, 2.24) is 4.90 Å². The third-order valence-corrected chi connectivity index (χ3v) is 3.92. The fourth-order valence-corrected chi connectivity index (χ4v) is 2.65. The van der Waals surface area contributed by atoms with Crippen LogP contribution in [0.2, 0.25) is 0 Å². The molecule has 2 atom stereocenters. The lowest BCUT2D eigenvalue weighted by Gasteiger charge is -2.38. The Hall–Kier alpha value is -1.89. The van der Waals surface area contributed by atoms with Crippen LogP contribution in [0.3, 0.4) is 0 Å². The molecular weight excluding hydrogens is 312 g/mol. The first-order valence-corrected chi connectivity index (χ1v) is 7.25. The van der Waals surface area contributed by atoms with Crippen molar-refractivity contribution < 1.29 is 22.4 Å². The fraction of sp³-hybridized carbons (Fsp3) is 0.438. The third kappa shape index (κ3) is 4.31. The van der Waals surface area contributed by atoms with Crippen LogP contribution in [0.4, 0.5) is 17.6 Å². The summed E-state index contributed by atoms with van der Waals surface area (Å²) in [6.45, 7) is 1.47. The Balaban J connectivity index is 2.22. The van der Waals surface area contributed by atoms with Gasteiger partial charge in [0.2, 0.25) is 5.91 Å². The molecule has 0 saturated carbocycles. The highest BCUT2D eigenvalue weighted by Crippen LogP contribution is 2.32. The van der Waals surface area contributed by atoms with Crippen LogP contribution in [-0.4, -0.2) is 35.6 Å². The normalized spacial score (nSPS) is 23.0. The smallest absolute Gasteiger partial charge is 0.326 e. The Morgan fingerprint density at radius 3 is 2.43 bits per heavy atom. The minimum atomic E-state index is -4.48. The van der Waals surface area contributed by atoms with Gasteiger partial charge in [-0.25, -0.2) is 4.39 Å². The molecule has 126 valence electrons. The van der Waals surface area contributed by atoms with Crippen LogP contribution >= 0.6 is 0 Å². The summed E-state index contributed by atoms with van der Waals surface area (Å²) in [4.78, 5) is 13.1. The van der Waals surface area contributed by atoms with Gasteiger partial charge in [0, 0.05) is 18.7 Å². The van der Waals surface area contributed by atoms with Gasteiger partial charge >= 0.3 is 6.18 Å². The lowest BCUT2D eigenvalue weighted by molar-refractivity contribution is -0.194. The van der Waals surface area contributed by atoms with E-state index in [1.54, 1.807) is 6.92 Å². The molecule has 0 aliphatic carbocycles. The van der Waals surface area contributed by atoms with Crippen molar-refractivity contribution in [3.05, 3.63) is 41.7 Å². The van der Waals surface area contributed by atoms with Crippen LogP contribution in [0.1, 0.15) is 25.3 Å². The van der Waals surface area contributed by atoms with Crippen molar-refractivity contribution in [2.24, 2.45) is 5.73 Å². The van der Waals surface area contributed by atoms with E-state index in [9.17, 15) is 22.4 Å². The number of amides is 1. The van der Waals surface area contributed by atoms with Gasteiger partial charge in [0.1, 0.15) is 11.9 Å². The molecule has 2 unspecified atom stereocenters. The van der Waals surface area contributed by atoms with Gasteiger partial charge in [-0.3, -0.25) is 4.79 Å². The molecule has 7 heteroatoms. The van der Waals surface area contributed by atoms with E-state index in [2.05, 4.69) is 0 Å². The van der Waals surface area contributed by atoms with Crippen molar-refractivity contribution in [3.63, 3.8) is 0 Å². The van der Waals surface area contributed by atoms with E-state index in [4.69, 9.17) is 5.73 Å². The highest BCUT2D eigenvalue weighted by atomic mass is 19.4. The van der Waals surface area contributed by atoms with Gasteiger partial charge in [0.25, 0.3) is 0 Å². The molecule has 3 nitrogen and oxygen atoms in total. The molecule has 1 heterocycles. The lowest BCUT2D eigenvalue weighted by atomic mass is 9.97. The summed E-state index contributed by atoms with van der Waals surface area (Å²) in [7, 11) is 0. The second kappa shape index (κ2) is 6.70. The van der Waals surface area contributed by atoms with Crippen LogP contribution < -0.4 is 5.73 Å². The molecule has 1 aromatic rings. The van der Waals surface area contributed by atoms with Crippen molar-refractivity contribution in [1.29, 1.82) is 0 Å². The van der Waals surface area contributed by atoms with Crippen LogP contribution in [0.15, 0.2) is 30.3 Å². The molecule has 0 radical (unpaired) electrons. The number of nitrogens with two attached hydrogens (primary N) is 1. The summed E-state index contributed by atoms with van der Waals surface area (Å²) in [5, 5.41) is 0. The Morgan fingerprint density at radius 1 is 1.26 bits per heavy atom. The minimum absolute atomic E-state index is 0.129. The Labute approximate surface area is 131 Å². The zero-order valence-corrected chi connectivity index (χ0v) is 12.6. The number of halogens is 4. The zero-order valence-electron chi connectivity index (χ0n) is 12.6. The Kier molecular flexibility index (Phi) is 5.09. The van der Waals surface area contributed by atoms with Gasteiger partial charge in [-0.1, -0.05) is 12.1 Å². The molecule has 1 amide bonds. The zero-order chi connectivity index (χ0) is 17.2. The van der Waals surface area contributed by atoms with Gasteiger partial charge in [-0.05, 0) is 43.0 Å². The average Bonchev–Trinajstić information content (AvgIpc) is 2.46. The van der Waals surface area contributed by atoms with Gasteiger partial charge in [-0.15, -0.1) is 0 Å². The van der Waals surface area contributed by atoms with Crippen LogP contribution in [0.5, 0.6) is 0 Å². The number of allylic oxidation sites excluding steroid dienone is 1. The van der Waals surface area contributed by atoms with Crippen LogP contribution in [0.25, 0.3) is 5.57 Å². The lowest BCUT2D eigenvalue weighted by Crippen LogP contribution is -2.56. The molecular formula is C16H18F4N2O. The summed E-state index contributed by atoms with van der Waals surface area (Å²) in [6.07, 6.45) is -3.30. The number of carbonyl (C=O) groups is 1. The highest BCUT2D eigenvalue weighted by Gasteiger charge is 2.47. The van der Waals surface area contributed by atoms with Gasteiger partial charge in [0.05, 0.1) is 0 Å². The predicted octanol–water partition coefficient (Wildman–Crippen LogP) is 3.11. The van der Waals surface area contributed by atoms with Crippen molar-refractivity contribution in [2.45, 2.75) is 38.0 Å². The predicted molar refractivity (Wildman–Crippen MR) is 78.8 cm³/mol. The molecule has 2 N–H and O–H groups in total. The first-order valence-electron chi connectivity index (χ1n) is 7.25. The molecule has 2 rings (SSSR count). The monoisotopic (exact) mass is 330 g/mol. The van der Waals surface area contributed by atoms with E-state index in [0.29, 0.717) is 11.1 Å². The molecule has 1 aliphatic heterocycles. The van der Waals surface area contributed by atoms with Gasteiger partial charge in [0.15, 0.2) is 0 Å². The number of carbonyl (C=O) groups excluding carboxylic acids is 1. The fourth-order valence-electron chi connectivity index (χ4n) is 2.65. The number of piperidine rings is 1. The maximum atomic E-state index is 13.1. The summed E-state index contributed by atoms with van der Waals surface area (Å²) in [5.74, 6) is -1.16. The van der Waals surface area contributed by atoms with E-state index < -0.39 is 30.0 Å². The molecule has 1 fully saturated rings. The van der Waals surface area contributed by atoms with Crippen LogP contribution in [-0.2, 0) is 4.79 Å². The molecule has 0 spiro atoms. The van der Waals surface area contributed by atoms with E-state index in [0.717, 1.165) is 11.0 Å². The summed E-state index contributed by atoms with van der Waals surface area (Å²) in [5.41, 5.74) is 6.74. The van der Waals surface area contributed by atoms with Crippen molar-refractivity contribution in [3.8, 4) is 0 Å². The van der Waals surface area contributed by atoms with Gasteiger partial charge < -0.3 is 10.6 Å². The Bertz CT molecular complexity index is 595.